The van der Waals surface area contributed by atoms with Crippen LogP contribution in [0.4, 0.5) is 4.39 Å². The van der Waals surface area contributed by atoms with Gasteiger partial charge in [0, 0.05) is 11.1 Å². The highest BCUT2D eigenvalue weighted by molar-refractivity contribution is 7.98. The van der Waals surface area contributed by atoms with Gasteiger partial charge in [0.2, 0.25) is 0 Å². The standard InChI is InChI=1S/C21H22FNO5S/c1-27-19-9-8-15(12-16(19)22)18(24)13-28-21(26)17(10-11-29-2)23-20(25)14-6-4-3-5-7-14/h3-9,12,17H,10-11,13H2,1-2H3,(H,23,25)/t17-/m0/s1. The Labute approximate surface area is 172 Å². The number of nitrogens with one attached hydrogen (secondary N) is 1. The van der Waals surface area contributed by atoms with Crippen molar-refractivity contribution in [2.75, 3.05) is 25.7 Å². The summed E-state index contributed by atoms with van der Waals surface area (Å²) < 4.78 is 23.6. The van der Waals surface area contributed by atoms with Crippen LogP contribution in [-0.4, -0.2) is 49.4 Å². The number of hydrogen-bond acceptors (Lipinski definition) is 6. The smallest absolute Gasteiger partial charge is 0.329 e. The molecule has 1 amide bonds. The predicted molar refractivity (Wildman–Crippen MR) is 109 cm³/mol. The van der Waals surface area contributed by atoms with Gasteiger partial charge in [0.15, 0.2) is 24.0 Å². The van der Waals surface area contributed by atoms with Gasteiger partial charge in [0.05, 0.1) is 7.11 Å². The monoisotopic (exact) mass is 419 g/mol. The van der Waals surface area contributed by atoms with Crippen molar-refractivity contribution in [2.24, 2.45) is 0 Å². The number of rotatable bonds is 10. The number of Topliss-reactive ketones (excluding diaryl/α,β-unsaturated/α-hetero) is 1. The fourth-order valence-electron chi connectivity index (χ4n) is 2.48. The molecule has 0 unspecified atom stereocenters. The molecule has 0 radical (unpaired) electrons. The highest BCUT2D eigenvalue weighted by Crippen LogP contribution is 2.18. The Morgan fingerprint density at radius 1 is 1.10 bits per heavy atom. The van der Waals surface area contributed by atoms with Gasteiger partial charge < -0.3 is 14.8 Å². The summed E-state index contributed by atoms with van der Waals surface area (Å²) in [6, 6.07) is 11.3. The SMILES string of the molecule is COc1ccc(C(=O)COC(=O)[C@H](CCSC)NC(=O)c2ccccc2)cc1F. The van der Waals surface area contributed by atoms with Crippen LogP contribution < -0.4 is 10.1 Å². The van der Waals surface area contributed by atoms with Crippen LogP contribution in [0, 0.1) is 5.82 Å². The van der Waals surface area contributed by atoms with Crippen LogP contribution in [0.15, 0.2) is 48.5 Å². The number of methoxy groups -OCH3 is 1. The maximum absolute atomic E-state index is 13.7. The van der Waals surface area contributed by atoms with Crippen LogP contribution in [0.3, 0.4) is 0 Å². The number of ketones is 1. The van der Waals surface area contributed by atoms with E-state index in [0.29, 0.717) is 17.7 Å². The zero-order valence-electron chi connectivity index (χ0n) is 16.1. The molecule has 0 aliphatic heterocycles. The van der Waals surface area contributed by atoms with E-state index in [9.17, 15) is 18.8 Å². The second-order valence-electron chi connectivity index (χ2n) is 6.05. The quantitative estimate of drug-likeness (QED) is 0.471. The average molecular weight is 419 g/mol. The molecule has 2 aromatic carbocycles. The minimum absolute atomic E-state index is 0.0132. The third-order valence-electron chi connectivity index (χ3n) is 4.06. The largest absolute Gasteiger partial charge is 0.494 e. The number of esters is 1. The average Bonchev–Trinajstić information content (AvgIpc) is 2.75. The summed E-state index contributed by atoms with van der Waals surface area (Å²) in [6.07, 6.45) is 2.23. The lowest BCUT2D eigenvalue weighted by atomic mass is 10.1. The molecule has 1 atom stereocenters. The molecular weight excluding hydrogens is 397 g/mol. The molecule has 0 saturated heterocycles. The molecule has 1 N–H and O–H groups in total. The fourth-order valence-corrected chi connectivity index (χ4v) is 2.95. The second-order valence-corrected chi connectivity index (χ2v) is 7.04. The van der Waals surface area contributed by atoms with Crippen LogP contribution in [0.25, 0.3) is 0 Å². The molecule has 0 aliphatic rings. The zero-order valence-corrected chi connectivity index (χ0v) is 17.0. The number of amides is 1. The van der Waals surface area contributed by atoms with E-state index >= 15 is 0 Å². The van der Waals surface area contributed by atoms with Crippen LogP contribution >= 0.6 is 11.8 Å². The van der Waals surface area contributed by atoms with Crippen molar-refractivity contribution in [2.45, 2.75) is 12.5 Å². The van der Waals surface area contributed by atoms with E-state index in [1.54, 1.807) is 30.3 Å². The lowest BCUT2D eigenvalue weighted by Crippen LogP contribution is -2.42. The number of halogens is 1. The molecular formula is C21H22FNO5S. The highest BCUT2D eigenvalue weighted by Gasteiger charge is 2.23. The van der Waals surface area contributed by atoms with Crippen molar-refractivity contribution < 1.29 is 28.2 Å². The first kappa shape index (κ1) is 22.4. The Kier molecular flexibility index (Phi) is 8.67. The Morgan fingerprint density at radius 2 is 1.83 bits per heavy atom. The van der Waals surface area contributed by atoms with Gasteiger partial charge in [0.1, 0.15) is 6.04 Å². The van der Waals surface area contributed by atoms with Crippen molar-refractivity contribution in [3.63, 3.8) is 0 Å². The summed E-state index contributed by atoms with van der Waals surface area (Å²) in [5.74, 6) is -1.73. The molecule has 8 heteroatoms. The Morgan fingerprint density at radius 3 is 2.45 bits per heavy atom. The first-order chi connectivity index (χ1) is 14.0. The van der Waals surface area contributed by atoms with E-state index in [1.807, 2.05) is 6.26 Å². The third kappa shape index (κ3) is 6.60. The highest BCUT2D eigenvalue weighted by atomic mass is 32.2. The molecule has 0 aromatic heterocycles. The molecule has 29 heavy (non-hydrogen) atoms. The van der Waals surface area contributed by atoms with E-state index in [-0.39, 0.29) is 11.3 Å². The lowest BCUT2D eigenvalue weighted by Gasteiger charge is -2.17. The Balaban J connectivity index is 1.99. The van der Waals surface area contributed by atoms with Gasteiger partial charge in [-0.05, 0) is 48.8 Å². The van der Waals surface area contributed by atoms with Gasteiger partial charge in [0.25, 0.3) is 5.91 Å². The summed E-state index contributed by atoms with van der Waals surface area (Å²) in [6.45, 7) is -0.554. The van der Waals surface area contributed by atoms with E-state index < -0.39 is 36.1 Å². The number of carbonyl (C=O) groups is 3. The van der Waals surface area contributed by atoms with Crippen molar-refractivity contribution in [1.82, 2.24) is 5.32 Å². The van der Waals surface area contributed by atoms with Gasteiger partial charge in [-0.2, -0.15) is 11.8 Å². The van der Waals surface area contributed by atoms with Crippen LogP contribution in [0.1, 0.15) is 27.1 Å². The molecule has 6 nitrogen and oxygen atoms in total. The summed E-state index contributed by atoms with van der Waals surface area (Å²) in [5, 5.41) is 2.64. The molecule has 0 saturated carbocycles. The molecule has 0 heterocycles. The first-order valence-corrected chi connectivity index (χ1v) is 10.2. The Bertz CT molecular complexity index is 859. The number of ether oxygens (including phenoxy) is 2. The minimum Gasteiger partial charge on any atom is -0.494 e. The minimum atomic E-state index is -0.893. The van der Waals surface area contributed by atoms with Crippen molar-refractivity contribution in [3.8, 4) is 5.75 Å². The lowest BCUT2D eigenvalue weighted by molar-refractivity contribution is -0.144. The first-order valence-electron chi connectivity index (χ1n) is 8.84. The Hall–Kier alpha value is -2.87. The van der Waals surface area contributed by atoms with E-state index in [0.717, 1.165) is 6.07 Å². The maximum atomic E-state index is 13.7. The van der Waals surface area contributed by atoms with E-state index in [1.165, 1.54) is 31.0 Å². The summed E-state index contributed by atoms with van der Waals surface area (Å²) in [4.78, 5) is 37.0. The summed E-state index contributed by atoms with van der Waals surface area (Å²) >= 11 is 1.52. The number of carbonyl (C=O) groups excluding carboxylic acids is 3. The molecule has 0 aliphatic carbocycles. The predicted octanol–water partition coefficient (Wildman–Crippen LogP) is 3.11. The van der Waals surface area contributed by atoms with Gasteiger partial charge in [-0.25, -0.2) is 9.18 Å². The van der Waals surface area contributed by atoms with Crippen LogP contribution in [0.2, 0.25) is 0 Å². The molecule has 154 valence electrons. The molecule has 0 fully saturated rings. The van der Waals surface area contributed by atoms with Crippen LogP contribution in [-0.2, 0) is 9.53 Å². The van der Waals surface area contributed by atoms with Gasteiger partial charge in [-0.3, -0.25) is 9.59 Å². The van der Waals surface area contributed by atoms with Gasteiger partial charge in [-0.1, -0.05) is 18.2 Å². The number of benzene rings is 2. The normalized spacial score (nSPS) is 11.4. The van der Waals surface area contributed by atoms with E-state index in [2.05, 4.69) is 5.32 Å². The topological polar surface area (TPSA) is 81.7 Å². The van der Waals surface area contributed by atoms with Gasteiger partial charge >= 0.3 is 5.97 Å². The molecule has 2 aromatic rings. The number of hydrogen-bond donors (Lipinski definition) is 1. The van der Waals surface area contributed by atoms with E-state index in [4.69, 9.17) is 9.47 Å². The van der Waals surface area contributed by atoms with Crippen molar-refractivity contribution >= 4 is 29.4 Å². The van der Waals surface area contributed by atoms with Crippen molar-refractivity contribution in [1.29, 1.82) is 0 Å². The fraction of sp³-hybridized carbons (Fsp3) is 0.286. The summed E-state index contributed by atoms with van der Waals surface area (Å²) in [5.41, 5.74) is 0.476. The molecule has 0 bridgehead atoms. The maximum Gasteiger partial charge on any atom is 0.329 e. The molecule has 0 spiro atoms. The zero-order chi connectivity index (χ0) is 21.2. The second kappa shape index (κ2) is 11.2. The van der Waals surface area contributed by atoms with Crippen LogP contribution in [0.5, 0.6) is 5.75 Å². The third-order valence-corrected chi connectivity index (χ3v) is 4.70. The summed E-state index contributed by atoms with van der Waals surface area (Å²) in [7, 11) is 1.32. The van der Waals surface area contributed by atoms with Gasteiger partial charge in [-0.15, -0.1) is 0 Å². The molecule has 2 rings (SSSR count). The van der Waals surface area contributed by atoms with Crippen molar-refractivity contribution in [3.05, 3.63) is 65.5 Å². The number of thioether (sulfide) groups is 1.